The summed E-state index contributed by atoms with van der Waals surface area (Å²) in [6.45, 7) is 17.9. The second kappa shape index (κ2) is 5.45. The largest absolute Gasteiger partial charge is 0.265 e. The molecule has 0 fully saturated rings. The van der Waals surface area contributed by atoms with Gasteiger partial charge in [0.25, 0.3) is 5.70 Å². The first kappa shape index (κ1) is 15.3. The maximum Gasteiger partial charge on any atom is 0.265 e. The van der Waals surface area contributed by atoms with Gasteiger partial charge in [0.15, 0.2) is 0 Å². The summed E-state index contributed by atoms with van der Waals surface area (Å²) in [6.07, 6.45) is 8.12. The molecule has 0 saturated carbocycles. The van der Waals surface area contributed by atoms with Gasteiger partial charge in [-0.15, -0.1) is 0 Å². The van der Waals surface area contributed by atoms with Gasteiger partial charge >= 0.3 is 0 Å². The molecule has 0 unspecified atom stereocenters. The van der Waals surface area contributed by atoms with Crippen LogP contribution in [-0.4, -0.2) is 0 Å². The Hall–Kier alpha value is -1.80. The highest BCUT2D eigenvalue weighted by Crippen LogP contribution is 2.39. The van der Waals surface area contributed by atoms with Gasteiger partial charge in [-0.25, -0.2) is 10.1 Å². The summed E-state index contributed by atoms with van der Waals surface area (Å²) >= 11 is 0. The summed E-state index contributed by atoms with van der Waals surface area (Å²) in [5, 5.41) is 9.03. The van der Waals surface area contributed by atoms with Crippen molar-refractivity contribution in [1.82, 2.24) is 0 Å². The summed E-state index contributed by atoms with van der Waals surface area (Å²) < 4.78 is 0. The standard InChI is InChI=1S/C17H22N2/c1-16(2,3)8-7-13-9-14(15(12-18)19-6)11-17(4,5)10-13/h7-9H,10-11H2,1-5H3/b8-7+,15-14+. The molecule has 0 amide bonds. The minimum atomic E-state index is 0.106. The van der Waals surface area contributed by atoms with Gasteiger partial charge in [-0.3, -0.25) is 0 Å². The first-order valence-corrected chi connectivity index (χ1v) is 6.57. The number of nitrogens with zero attached hydrogens (tertiary/aromatic N) is 2. The van der Waals surface area contributed by atoms with E-state index in [1.165, 1.54) is 5.57 Å². The normalized spacial score (nSPS) is 21.5. The number of hydrogen-bond acceptors (Lipinski definition) is 1. The highest BCUT2D eigenvalue weighted by atomic mass is 14.7. The Morgan fingerprint density at radius 2 is 2.05 bits per heavy atom. The van der Waals surface area contributed by atoms with E-state index in [0.717, 1.165) is 18.4 Å². The van der Waals surface area contributed by atoms with E-state index in [-0.39, 0.29) is 16.5 Å². The second-order valence-corrected chi connectivity index (χ2v) is 7.03. The zero-order valence-corrected chi connectivity index (χ0v) is 12.5. The monoisotopic (exact) mass is 254 g/mol. The van der Waals surface area contributed by atoms with E-state index in [9.17, 15) is 0 Å². The van der Waals surface area contributed by atoms with E-state index in [4.69, 9.17) is 11.8 Å². The van der Waals surface area contributed by atoms with E-state index in [0.29, 0.717) is 0 Å². The van der Waals surface area contributed by atoms with Crippen LogP contribution in [0.3, 0.4) is 0 Å². The van der Waals surface area contributed by atoms with Gasteiger partial charge < -0.3 is 0 Å². The van der Waals surface area contributed by atoms with Crippen LogP contribution in [0.5, 0.6) is 0 Å². The molecule has 19 heavy (non-hydrogen) atoms. The average Bonchev–Trinajstić information content (AvgIpc) is 2.25. The molecule has 0 aromatic rings. The first-order valence-electron chi connectivity index (χ1n) is 6.57. The Morgan fingerprint density at radius 1 is 1.42 bits per heavy atom. The quantitative estimate of drug-likeness (QED) is 0.476. The fourth-order valence-corrected chi connectivity index (χ4v) is 2.24. The van der Waals surface area contributed by atoms with Crippen LogP contribution in [0.25, 0.3) is 4.85 Å². The number of hydrogen-bond donors (Lipinski definition) is 0. The van der Waals surface area contributed by atoms with Crippen molar-refractivity contribution in [2.45, 2.75) is 47.5 Å². The van der Waals surface area contributed by atoms with Crippen LogP contribution < -0.4 is 0 Å². The Balaban J connectivity index is 3.19. The van der Waals surface area contributed by atoms with Gasteiger partial charge in [0.1, 0.15) is 0 Å². The molecule has 0 saturated heterocycles. The molecule has 0 radical (unpaired) electrons. The van der Waals surface area contributed by atoms with E-state index in [1.54, 1.807) is 0 Å². The Bertz CT molecular complexity index is 507. The van der Waals surface area contributed by atoms with Crippen molar-refractivity contribution in [2.75, 3.05) is 0 Å². The molecule has 0 aliphatic heterocycles. The molecule has 100 valence electrons. The molecule has 2 heteroatoms. The van der Waals surface area contributed by atoms with Gasteiger partial charge in [-0.2, -0.15) is 0 Å². The highest BCUT2D eigenvalue weighted by Gasteiger charge is 2.26. The summed E-state index contributed by atoms with van der Waals surface area (Å²) in [5.74, 6) is 0. The fourth-order valence-electron chi connectivity index (χ4n) is 2.24. The van der Waals surface area contributed by atoms with Crippen molar-refractivity contribution < 1.29 is 0 Å². The van der Waals surface area contributed by atoms with E-state index >= 15 is 0 Å². The fraction of sp³-hybridized carbons (Fsp3) is 0.529. The first-order chi connectivity index (χ1) is 8.67. The van der Waals surface area contributed by atoms with Crippen molar-refractivity contribution in [2.24, 2.45) is 10.8 Å². The maximum atomic E-state index is 9.03. The molecule has 0 atom stereocenters. The summed E-state index contributed by atoms with van der Waals surface area (Å²) in [5.41, 5.74) is 2.56. The van der Waals surface area contributed by atoms with Crippen LogP contribution >= 0.6 is 0 Å². The predicted octanol–water partition coefficient (Wildman–Crippen LogP) is 5.03. The van der Waals surface area contributed by atoms with Crippen molar-refractivity contribution in [3.05, 3.63) is 46.5 Å². The number of allylic oxidation sites excluding steroid dienone is 6. The van der Waals surface area contributed by atoms with Crippen molar-refractivity contribution in [3.8, 4) is 6.07 Å². The lowest BCUT2D eigenvalue weighted by atomic mass is 9.74. The lowest BCUT2D eigenvalue weighted by molar-refractivity contribution is 0.354. The third kappa shape index (κ3) is 4.76. The van der Waals surface area contributed by atoms with E-state index in [1.807, 2.05) is 12.1 Å². The van der Waals surface area contributed by atoms with Crippen molar-refractivity contribution in [1.29, 1.82) is 5.26 Å². The zero-order chi connectivity index (χ0) is 14.7. The molecule has 1 rings (SSSR count). The van der Waals surface area contributed by atoms with Crippen molar-refractivity contribution in [3.63, 3.8) is 0 Å². The summed E-state index contributed by atoms with van der Waals surface area (Å²) in [6, 6.07) is 2.01. The van der Waals surface area contributed by atoms with Gasteiger partial charge in [0.2, 0.25) is 0 Å². The zero-order valence-electron chi connectivity index (χ0n) is 12.5. The van der Waals surface area contributed by atoms with E-state index < -0.39 is 0 Å². The second-order valence-electron chi connectivity index (χ2n) is 7.03. The molecule has 0 N–H and O–H groups in total. The number of rotatable bonds is 1. The molecule has 0 bridgehead atoms. The van der Waals surface area contributed by atoms with Crippen molar-refractivity contribution >= 4 is 0 Å². The Morgan fingerprint density at radius 3 is 2.53 bits per heavy atom. The molecule has 0 spiro atoms. The minimum absolute atomic E-state index is 0.106. The van der Waals surface area contributed by atoms with Crippen LogP contribution in [0, 0.1) is 28.7 Å². The van der Waals surface area contributed by atoms with Crippen LogP contribution in [0.15, 0.2) is 35.1 Å². The van der Waals surface area contributed by atoms with Crippen LogP contribution in [0.2, 0.25) is 0 Å². The molecule has 1 aliphatic rings. The molecule has 0 aromatic carbocycles. The van der Waals surface area contributed by atoms with Crippen LogP contribution in [0.4, 0.5) is 0 Å². The third-order valence-electron chi connectivity index (χ3n) is 3.03. The Kier molecular flexibility index (Phi) is 4.38. The summed E-state index contributed by atoms with van der Waals surface area (Å²) in [4.78, 5) is 3.34. The molecular formula is C17H22N2. The van der Waals surface area contributed by atoms with E-state index in [2.05, 4.69) is 51.6 Å². The molecule has 0 heterocycles. The summed E-state index contributed by atoms with van der Waals surface area (Å²) in [7, 11) is 0. The molecule has 2 nitrogen and oxygen atoms in total. The van der Waals surface area contributed by atoms with Gasteiger partial charge in [-0.1, -0.05) is 52.8 Å². The van der Waals surface area contributed by atoms with Gasteiger partial charge in [0, 0.05) is 0 Å². The van der Waals surface area contributed by atoms with Crippen LogP contribution in [0.1, 0.15) is 47.5 Å². The SMILES string of the molecule is [C-]#[N+]/C(C#N)=C1C=C(/C=C/C(C)(C)C)CC(C)(C)C\1. The highest BCUT2D eigenvalue weighted by molar-refractivity contribution is 5.45. The predicted molar refractivity (Wildman–Crippen MR) is 78.9 cm³/mol. The van der Waals surface area contributed by atoms with Gasteiger partial charge in [-0.05, 0) is 34.8 Å². The topological polar surface area (TPSA) is 28.1 Å². The third-order valence-corrected chi connectivity index (χ3v) is 3.03. The smallest absolute Gasteiger partial charge is 0.226 e. The lowest BCUT2D eigenvalue weighted by Gasteiger charge is -2.31. The molecule has 1 aliphatic carbocycles. The minimum Gasteiger partial charge on any atom is -0.226 e. The van der Waals surface area contributed by atoms with Crippen LogP contribution in [-0.2, 0) is 0 Å². The Labute approximate surface area is 116 Å². The molecular weight excluding hydrogens is 232 g/mol. The average molecular weight is 254 g/mol. The lowest BCUT2D eigenvalue weighted by Crippen LogP contribution is -2.17. The number of nitriles is 1. The van der Waals surface area contributed by atoms with Gasteiger partial charge in [0.05, 0.1) is 12.6 Å². The molecule has 0 aromatic heterocycles. The maximum absolute atomic E-state index is 9.03.